The zero-order valence-corrected chi connectivity index (χ0v) is 20.0. The highest BCUT2D eigenvalue weighted by molar-refractivity contribution is 5.98. The summed E-state index contributed by atoms with van der Waals surface area (Å²) in [5.41, 5.74) is 5.50. The maximum atomic E-state index is 14.1. The third kappa shape index (κ3) is 4.35. The van der Waals surface area contributed by atoms with Gasteiger partial charge in [0.25, 0.3) is 0 Å². The summed E-state index contributed by atoms with van der Waals surface area (Å²) in [5.74, 6) is 2.62. The predicted molar refractivity (Wildman–Crippen MR) is 133 cm³/mol. The Bertz CT molecular complexity index is 1190. The monoisotopic (exact) mass is 457 g/mol. The van der Waals surface area contributed by atoms with Gasteiger partial charge in [0.1, 0.15) is 5.75 Å². The maximum absolute atomic E-state index is 14.1. The van der Waals surface area contributed by atoms with Crippen LogP contribution in [0, 0.1) is 0 Å². The molecule has 3 aromatic carbocycles. The van der Waals surface area contributed by atoms with Crippen molar-refractivity contribution >= 4 is 11.6 Å². The minimum atomic E-state index is -0.197. The first kappa shape index (κ1) is 22.3. The number of anilines is 1. The van der Waals surface area contributed by atoms with E-state index in [4.69, 9.17) is 14.2 Å². The lowest BCUT2D eigenvalue weighted by Gasteiger charge is -2.31. The van der Waals surface area contributed by atoms with Crippen molar-refractivity contribution in [1.82, 2.24) is 0 Å². The Labute approximate surface area is 201 Å². The van der Waals surface area contributed by atoms with E-state index in [0.29, 0.717) is 12.5 Å². The van der Waals surface area contributed by atoms with Crippen LogP contribution in [-0.4, -0.2) is 19.8 Å². The molecule has 1 atom stereocenters. The largest absolute Gasteiger partial charge is 0.497 e. The summed E-state index contributed by atoms with van der Waals surface area (Å²) >= 11 is 0. The van der Waals surface area contributed by atoms with Crippen molar-refractivity contribution in [3.05, 3.63) is 82.9 Å². The molecule has 1 amide bonds. The van der Waals surface area contributed by atoms with Crippen LogP contribution in [0.25, 0.3) is 0 Å². The summed E-state index contributed by atoms with van der Waals surface area (Å²) in [4.78, 5) is 16.1. The molecule has 5 rings (SSSR count). The van der Waals surface area contributed by atoms with Crippen molar-refractivity contribution in [1.29, 1.82) is 0 Å². The molecule has 176 valence electrons. The molecule has 1 unspecified atom stereocenters. The molecule has 5 nitrogen and oxygen atoms in total. The SMILES string of the molecule is COc1ccc2c(c1)C(C(=O)N(Cc1ccc3c(c1)OCO3)c1ccc(C(C)C)cc1)CCC2. The Balaban J connectivity index is 1.51. The minimum Gasteiger partial charge on any atom is -0.497 e. The number of carbonyl (C=O) groups excluding carboxylic acids is 1. The molecule has 2 aliphatic rings. The van der Waals surface area contributed by atoms with Crippen LogP contribution in [0.4, 0.5) is 5.69 Å². The normalized spacial score (nSPS) is 16.3. The first-order chi connectivity index (χ1) is 16.5. The van der Waals surface area contributed by atoms with E-state index in [1.807, 2.05) is 35.2 Å². The van der Waals surface area contributed by atoms with Crippen molar-refractivity contribution in [2.75, 3.05) is 18.8 Å². The number of fused-ring (bicyclic) bond motifs is 2. The van der Waals surface area contributed by atoms with Crippen molar-refractivity contribution in [3.8, 4) is 17.2 Å². The van der Waals surface area contributed by atoms with Crippen molar-refractivity contribution in [2.24, 2.45) is 0 Å². The third-order valence-electron chi connectivity index (χ3n) is 6.88. The second kappa shape index (κ2) is 9.41. The van der Waals surface area contributed by atoms with Crippen LogP contribution in [0.3, 0.4) is 0 Å². The summed E-state index contributed by atoms with van der Waals surface area (Å²) in [5, 5.41) is 0. The fourth-order valence-corrected chi connectivity index (χ4v) is 4.91. The molecule has 0 saturated heterocycles. The van der Waals surface area contributed by atoms with Crippen molar-refractivity contribution in [3.63, 3.8) is 0 Å². The average molecular weight is 458 g/mol. The molecule has 3 aromatic rings. The third-order valence-corrected chi connectivity index (χ3v) is 6.88. The van der Waals surface area contributed by atoms with Crippen LogP contribution >= 0.6 is 0 Å². The summed E-state index contributed by atoms with van der Waals surface area (Å²) in [6.45, 7) is 5.05. The molecule has 0 fully saturated rings. The number of hydrogen-bond acceptors (Lipinski definition) is 4. The molecule has 0 saturated carbocycles. The molecular formula is C29H31NO4. The van der Waals surface area contributed by atoms with Crippen LogP contribution < -0.4 is 19.1 Å². The van der Waals surface area contributed by atoms with E-state index < -0.39 is 0 Å². The number of methoxy groups -OCH3 is 1. The van der Waals surface area contributed by atoms with Crippen molar-refractivity contribution in [2.45, 2.75) is 51.5 Å². The molecule has 1 heterocycles. The zero-order chi connectivity index (χ0) is 23.7. The van der Waals surface area contributed by atoms with E-state index in [1.54, 1.807) is 7.11 Å². The standard InChI is InChI=1S/C29H31NO4/c1-19(2)21-8-11-23(12-9-21)30(17-20-7-14-27-28(15-20)34-18-33-27)29(31)25-6-4-5-22-10-13-24(32-3)16-26(22)25/h7-16,19,25H,4-6,17-18H2,1-3H3. The number of amides is 1. The fraction of sp³-hybridized carbons (Fsp3) is 0.345. The summed E-state index contributed by atoms with van der Waals surface area (Å²) in [6, 6.07) is 20.4. The van der Waals surface area contributed by atoms with Crippen LogP contribution in [0.5, 0.6) is 17.2 Å². The van der Waals surface area contributed by atoms with Crippen LogP contribution in [-0.2, 0) is 17.8 Å². The van der Waals surface area contributed by atoms with Gasteiger partial charge in [0, 0.05) is 5.69 Å². The van der Waals surface area contributed by atoms with Gasteiger partial charge in [-0.05, 0) is 83.8 Å². The van der Waals surface area contributed by atoms with Gasteiger partial charge in [-0.3, -0.25) is 4.79 Å². The Morgan fingerprint density at radius 2 is 1.82 bits per heavy atom. The second-order valence-corrected chi connectivity index (χ2v) is 9.37. The van der Waals surface area contributed by atoms with E-state index in [0.717, 1.165) is 53.3 Å². The van der Waals surface area contributed by atoms with E-state index in [9.17, 15) is 4.79 Å². The predicted octanol–water partition coefficient (Wildman–Crippen LogP) is 6.20. The van der Waals surface area contributed by atoms with Gasteiger partial charge in [0.05, 0.1) is 19.6 Å². The zero-order valence-electron chi connectivity index (χ0n) is 20.0. The molecule has 5 heteroatoms. The first-order valence-electron chi connectivity index (χ1n) is 12.0. The van der Waals surface area contributed by atoms with Crippen LogP contribution in [0.2, 0.25) is 0 Å². The Morgan fingerprint density at radius 3 is 2.59 bits per heavy atom. The Kier molecular flexibility index (Phi) is 6.18. The minimum absolute atomic E-state index is 0.115. The van der Waals surface area contributed by atoms with E-state index in [1.165, 1.54) is 11.1 Å². The molecule has 0 spiro atoms. The number of hydrogen-bond donors (Lipinski definition) is 0. The highest BCUT2D eigenvalue weighted by atomic mass is 16.7. The Morgan fingerprint density at radius 1 is 1.03 bits per heavy atom. The van der Waals surface area contributed by atoms with Crippen LogP contribution in [0.1, 0.15) is 60.8 Å². The lowest BCUT2D eigenvalue weighted by atomic mass is 9.81. The van der Waals surface area contributed by atoms with Crippen LogP contribution in [0.15, 0.2) is 60.7 Å². The summed E-state index contributed by atoms with van der Waals surface area (Å²) in [6.07, 6.45) is 2.83. The average Bonchev–Trinajstić information content (AvgIpc) is 3.34. The number of carbonyl (C=O) groups is 1. The molecule has 1 aliphatic heterocycles. The van der Waals surface area contributed by atoms with Gasteiger partial charge in [0.15, 0.2) is 11.5 Å². The quantitative estimate of drug-likeness (QED) is 0.442. The van der Waals surface area contributed by atoms with Crippen molar-refractivity contribution < 1.29 is 19.0 Å². The molecular weight excluding hydrogens is 426 g/mol. The highest BCUT2D eigenvalue weighted by Crippen LogP contribution is 2.38. The van der Waals surface area contributed by atoms with Gasteiger partial charge in [-0.1, -0.05) is 38.1 Å². The lowest BCUT2D eigenvalue weighted by Crippen LogP contribution is -2.36. The van der Waals surface area contributed by atoms with Gasteiger partial charge in [0.2, 0.25) is 12.7 Å². The molecule has 0 aromatic heterocycles. The maximum Gasteiger partial charge on any atom is 0.234 e. The number of nitrogens with zero attached hydrogens (tertiary/aromatic N) is 1. The van der Waals surface area contributed by atoms with Gasteiger partial charge in [-0.15, -0.1) is 0 Å². The Hall–Kier alpha value is -3.47. The first-order valence-corrected chi connectivity index (χ1v) is 12.0. The molecule has 1 aliphatic carbocycles. The molecule has 0 bridgehead atoms. The number of benzene rings is 3. The van der Waals surface area contributed by atoms with Gasteiger partial charge in [-0.25, -0.2) is 0 Å². The van der Waals surface area contributed by atoms with Gasteiger partial charge >= 0.3 is 0 Å². The van der Waals surface area contributed by atoms with E-state index in [-0.39, 0.29) is 18.6 Å². The number of ether oxygens (including phenoxy) is 3. The van der Waals surface area contributed by atoms with Gasteiger partial charge < -0.3 is 19.1 Å². The summed E-state index contributed by atoms with van der Waals surface area (Å²) < 4.78 is 16.5. The lowest BCUT2D eigenvalue weighted by molar-refractivity contribution is -0.120. The fourth-order valence-electron chi connectivity index (χ4n) is 4.91. The van der Waals surface area contributed by atoms with Gasteiger partial charge in [-0.2, -0.15) is 0 Å². The number of rotatable bonds is 6. The molecule has 34 heavy (non-hydrogen) atoms. The van der Waals surface area contributed by atoms with E-state index in [2.05, 4.69) is 44.2 Å². The van der Waals surface area contributed by atoms with E-state index >= 15 is 0 Å². The smallest absolute Gasteiger partial charge is 0.234 e. The second-order valence-electron chi connectivity index (χ2n) is 9.37. The number of aryl methyl sites for hydroxylation is 1. The molecule has 0 N–H and O–H groups in total. The summed E-state index contributed by atoms with van der Waals surface area (Å²) in [7, 11) is 1.67. The highest BCUT2D eigenvalue weighted by Gasteiger charge is 2.31. The topological polar surface area (TPSA) is 48.0 Å². The molecule has 0 radical (unpaired) electrons.